The van der Waals surface area contributed by atoms with Gasteiger partial charge < -0.3 is 5.11 Å². The van der Waals surface area contributed by atoms with E-state index in [1.54, 1.807) is 0 Å². The number of benzene rings is 2. The molecule has 2 aliphatic carbocycles. The second-order valence-corrected chi connectivity index (χ2v) is 7.04. The summed E-state index contributed by atoms with van der Waals surface area (Å²) in [6, 6.07) is 12.0. The summed E-state index contributed by atoms with van der Waals surface area (Å²) in [4.78, 5) is 0. The number of aliphatic hydroxyl groups excluding tert-OH is 1. The normalized spacial score (nSPS) is 18.2. The van der Waals surface area contributed by atoms with Gasteiger partial charge in [-0.05, 0) is 77.8 Å². The highest BCUT2D eigenvalue weighted by atomic mass is 35.5. The molecule has 1 N–H and O–H groups in total. The van der Waals surface area contributed by atoms with Gasteiger partial charge in [-0.1, -0.05) is 41.9 Å². The lowest BCUT2D eigenvalue weighted by atomic mass is 10.0. The Morgan fingerprint density at radius 1 is 0.957 bits per heavy atom. The highest BCUT2D eigenvalue weighted by Gasteiger charge is 2.21. The van der Waals surface area contributed by atoms with Gasteiger partial charge in [0.05, 0.1) is 0 Å². The van der Waals surface area contributed by atoms with Crippen molar-refractivity contribution in [2.75, 3.05) is 6.61 Å². The summed E-state index contributed by atoms with van der Waals surface area (Å²) in [7, 11) is 0. The van der Waals surface area contributed by atoms with Crippen molar-refractivity contribution in [3.8, 4) is 0 Å². The van der Waals surface area contributed by atoms with Gasteiger partial charge in [-0.25, -0.2) is 0 Å². The molecular formula is C20H20Cl2O. The summed E-state index contributed by atoms with van der Waals surface area (Å²) < 4.78 is 0. The molecule has 1 nitrogen and oxygen atoms in total. The molecule has 0 heterocycles. The fraction of sp³-hybridized carbons (Fsp3) is 0.300. The van der Waals surface area contributed by atoms with E-state index in [1.165, 1.54) is 27.8 Å². The zero-order valence-corrected chi connectivity index (χ0v) is 14.5. The molecule has 23 heavy (non-hydrogen) atoms. The lowest BCUT2D eigenvalue weighted by Crippen LogP contribution is -1.98. The second kappa shape index (κ2) is 7.09. The molecule has 120 valence electrons. The van der Waals surface area contributed by atoms with Crippen molar-refractivity contribution >= 4 is 28.8 Å². The van der Waals surface area contributed by atoms with Crippen molar-refractivity contribution in [3.05, 3.63) is 75.3 Å². The smallest absolute Gasteiger partial charge is 0.0499 e. The zero-order valence-electron chi connectivity index (χ0n) is 13.0. The molecule has 0 amide bonds. The molecule has 3 heteroatoms. The third kappa shape index (κ3) is 3.63. The average Bonchev–Trinajstić information content (AvgIpc) is 3.11. The Bertz CT molecular complexity index is 736. The Morgan fingerprint density at radius 3 is 2.39 bits per heavy atom. The number of halogens is 2. The minimum atomic E-state index is 0.259. The molecule has 4 rings (SSSR count). The fourth-order valence-corrected chi connectivity index (χ4v) is 3.79. The van der Waals surface area contributed by atoms with E-state index in [9.17, 15) is 0 Å². The van der Waals surface area contributed by atoms with Crippen LogP contribution in [0.3, 0.4) is 0 Å². The monoisotopic (exact) mass is 346 g/mol. The number of fused-ring (bicyclic) bond motifs is 2. The highest BCUT2D eigenvalue weighted by Crippen LogP contribution is 2.34. The van der Waals surface area contributed by atoms with Gasteiger partial charge in [0.1, 0.15) is 0 Å². The lowest BCUT2D eigenvalue weighted by molar-refractivity contribution is 0.265. The minimum Gasteiger partial charge on any atom is -0.396 e. The minimum absolute atomic E-state index is 0.259. The Labute approximate surface area is 147 Å². The Balaban J connectivity index is 0.000000136. The van der Waals surface area contributed by atoms with Crippen LogP contribution in [0.4, 0.5) is 0 Å². The van der Waals surface area contributed by atoms with Gasteiger partial charge in [0.25, 0.3) is 0 Å². The Kier molecular flexibility index (Phi) is 5.11. The Morgan fingerprint density at radius 2 is 1.65 bits per heavy atom. The number of hydrogen-bond donors (Lipinski definition) is 1. The van der Waals surface area contributed by atoms with E-state index in [2.05, 4.69) is 12.6 Å². The van der Waals surface area contributed by atoms with E-state index in [-0.39, 0.29) is 6.61 Å². The first-order chi connectivity index (χ1) is 11.1. The van der Waals surface area contributed by atoms with Crippen LogP contribution in [0.2, 0.25) is 10.0 Å². The summed E-state index contributed by atoms with van der Waals surface area (Å²) in [6.45, 7) is 4.24. The Hall–Kier alpha value is -1.28. The summed E-state index contributed by atoms with van der Waals surface area (Å²) in [5, 5.41) is 10.7. The molecule has 2 aromatic rings. The van der Waals surface area contributed by atoms with Gasteiger partial charge in [0, 0.05) is 22.6 Å². The van der Waals surface area contributed by atoms with E-state index in [0.717, 1.165) is 35.7 Å². The average molecular weight is 347 g/mol. The first kappa shape index (κ1) is 16.6. The van der Waals surface area contributed by atoms with Crippen molar-refractivity contribution in [2.45, 2.75) is 31.6 Å². The van der Waals surface area contributed by atoms with Crippen LogP contribution >= 0.6 is 23.2 Å². The summed E-state index contributed by atoms with van der Waals surface area (Å²) in [5.41, 5.74) is 6.48. The van der Waals surface area contributed by atoms with Gasteiger partial charge in [-0.2, -0.15) is 0 Å². The summed E-state index contributed by atoms with van der Waals surface area (Å²) >= 11 is 11.7. The topological polar surface area (TPSA) is 20.2 Å². The van der Waals surface area contributed by atoms with Crippen LogP contribution in [0, 0.1) is 0 Å². The largest absolute Gasteiger partial charge is 0.396 e. The number of allylic oxidation sites excluding steroid dienone is 1. The number of rotatable bonds is 1. The van der Waals surface area contributed by atoms with Crippen LogP contribution in [0.5, 0.6) is 0 Å². The molecule has 0 saturated carbocycles. The quantitative estimate of drug-likeness (QED) is 0.706. The second-order valence-electron chi connectivity index (χ2n) is 6.17. The molecule has 1 atom stereocenters. The third-order valence-corrected chi connectivity index (χ3v) is 5.14. The maximum Gasteiger partial charge on any atom is 0.0499 e. The maximum absolute atomic E-state index is 9.05. The van der Waals surface area contributed by atoms with Crippen LogP contribution in [-0.4, -0.2) is 11.7 Å². The van der Waals surface area contributed by atoms with Crippen molar-refractivity contribution < 1.29 is 5.11 Å². The van der Waals surface area contributed by atoms with E-state index >= 15 is 0 Å². The molecule has 2 aliphatic rings. The molecular weight excluding hydrogens is 327 g/mol. The SMILES string of the molecule is C=C1CCc2cc(Cl)ccc21.OCC1CCc2cc(Cl)ccc21. The zero-order chi connectivity index (χ0) is 16.4. The lowest BCUT2D eigenvalue weighted by Gasteiger charge is -2.06. The molecule has 1 unspecified atom stereocenters. The predicted molar refractivity (Wildman–Crippen MR) is 98.4 cm³/mol. The van der Waals surface area contributed by atoms with Crippen LogP contribution < -0.4 is 0 Å². The molecule has 0 aromatic heterocycles. The number of hydrogen-bond acceptors (Lipinski definition) is 1. The van der Waals surface area contributed by atoms with E-state index in [4.69, 9.17) is 28.3 Å². The molecule has 0 saturated heterocycles. The van der Waals surface area contributed by atoms with E-state index in [0.29, 0.717) is 5.92 Å². The van der Waals surface area contributed by atoms with Crippen LogP contribution in [0.1, 0.15) is 41.0 Å². The van der Waals surface area contributed by atoms with Crippen molar-refractivity contribution in [2.24, 2.45) is 0 Å². The van der Waals surface area contributed by atoms with Crippen molar-refractivity contribution in [1.29, 1.82) is 0 Å². The van der Waals surface area contributed by atoms with Gasteiger partial charge >= 0.3 is 0 Å². The van der Waals surface area contributed by atoms with Crippen LogP contribution in [0.25, 0.3) is 5.57 Å². The van der Waals surface area contributed by atoms with Crippen molar-refractivity contribution in [3.63, 3.8) is 0 Å². The molecule has 0 spiro atoms. The molecule has 2 aromatic carbocycles. The highest BCUT2D eigenvalue weighted by molar-refractivity contribution is 6.31. The standard InChI is InChI=1S/C10H11ClO.C10H9Cl/c11-9-3-4-10-7(5-9)1-2-8(10)6-12;1-7-2-3-8-6-9(11)4-5-10(7)8/h3-5,8,12H,1-2,6H2;4-6H,1-3H2. The predicted octanol–water partition coefficient (Wildman–Crippen LogP) is 5.66. The van der Waals surface area contributed by atoms with Crippen LogP contribution in [-0.2, 0) is 12.8 Å². The van der Waals surface area contributed by atoms with Gasteiger partial charge in [-0.15, -0.1) is 0 Å². The fourth-order valence-electron chi connectivity index (χ4n) is 3.40. The van der Waals surface area contributed by atoms with Gasteiger partial charge in [-0.3, -0.25) is 0 Å². The molecule has 0 fully saturated rings. The van der Waals surface area contributed by atoms with Gasteiger partial charge in [0.15, 0.2) is 0 Å². The van der Waals surface area contributed by atoms with Crippen molar-refractivity contribution in [1.82, 2.24) is 0 Å². The first-order valence-electron chi connectivity index (χ1n) is 7.94. The van der Waals surface area contributed by atoms with E-state index < -0.39 is 0 Å². The number of aryl methyl sites for hydroxylation is 2. The first-order valence-corrected chi connectivity index (χ1v) is 8.70. The third-order valence-electron chi connectivity index (χ3n) is 4.67. The van der Waals surface area contributed by atoms with E-state index in [1.807, 2.05) is 30.3 Å². The molecule has 0 radical (unpaired) electrons. The summed E-state index contributed by atoms with van der Waals surface area (Å²) in [5.74, 6) is 0.345. The molecule has 0 bridgehead atoms. The van der Waals surface area contributed by atoms with Gasteiger partial charge in [0.2, 0.25) is 0 Å². The number of aliphatic hydroxyl groups is 1. The summed E-state index contributed by atoms with van der Waals surface area (Å²) in [6.07, 6.45) is 4.32. The molecule has 0 aliphatic heterocycles. The van der Waals surface area contributed by atoms with Crippen LogP contribution in [0.15, 0.2) is 43.0 Å². The maximum atomic E-state index is 9.05.